The highest BCUT2D eigenvalue weighted by molar-refractivity contribution is 6.09. The molecule has 1 aliphatic rings. The Bertz CT molecular complexity index is 1670. The number of hydrogen-bond donors (Lipinski definition) is 2. The van der Waals surface area contributed by atoms with Gasteiger partial charge in [-0.3, -0.25) is 9.48 Å². The van der Waals surface area contributed by atoms with Crippen molar-refractivity contribution in [3.63, 3.8) is 0 Å². The van der Waals surface area contributed by atoms with Crippen LogP contribution in [0.25, 0.3) is 22.6 Å². The topological polar surface area (TPSA) is 151 Å². The number of carbonyl (C=O) groups is 1. The second-order valence-corrected chi connectivity index (χ2v) is 8.47. The molecule has 194 valence electrons. The van der Waals surface area contributed by atoms with Gasteiger partial charge in [0.2, 0.25) is 5.91 Å². The van der Waals surface area contributed by atoms with Gasteiger partial charge in [0.05, 0.1) is 22.8 Å². The molecule has 0 spiro atoms. The van der Waals surface area contributed by atoms with Gasteiger partial charge in [0, 0.05) is 30.9 Å². The molecule has 0 fully saturated rings. The van der Waals surface area contributed by atoms with Gasteiger partial charge in [0.1, 0.15) is 34.8 Å². The van der Waals surface area contributed by atoms with Crippen molar-refractivity contribution in [3.8, 4) is 11.5 Å². The Kier molecular flexibility index (Phi) is 4.45. The van der Waals surface area contributed by atoms with E-state index in [0.717, 1.165) is 6.20 Å². The lowest BCUT2D eigenvalue weighted by Gasteiger charge is -2.20. The van der Waals surface area contributed by atoms with Gasteiger partial charge in [-0.05, 0) is 6.92 Å². The van der Waals surface area contributed by atoms with Crippen LogP contribution in [0.2, 0.25) is 0 Å². The summed E-state index contributed by atoms with van der Waals surface area (Å²) in [6.45, 7) is 0.211. The van der Waals surface area contributed by atoms with Crippen LogP contribution in [-0.2, 0) is 23.6 Å². The van der Waals surface area contributed by atoms with Crippen molar-refractivity contribution in [2.45, 2.75) is 44.2 Å². The number of carbonyl (C=O) groups excluding carboxylic acids is 1. The molecule has 0 saturated heterocycles. The molecule has 3 N–H and O–H groups in total. The predicted molar refractivity (Wildman–Crippen MR) is 117 cm³/mol. The first-order chi connectivity index (χ1) is 18.4. The van der Waals surface area contributed by atoms with E-state index in [1.165, 1.54) is 13.2 Å². The highest BCUT2D eigenvalue weighted by Crippen LogP contribution is 2.45. The quantitative estimate of drug-likeness (QED) is 0.374. The third-order valence-electron chi connectivity index (χ3n) is 6.02. The number of hydrogen-bond acceptors (Lipinski definition) is 9. The van der Waals surface area contributed by atoms with Crippen molar-refractivity contribution in [1.82, 2.24) is 34.7 Å². The second kappa shape index (κ2) is 7.88. The van der Waals surface area contributed by atoms with E-state index in [2.05, 4.69) is 35.3 Å². The molecule has 4 aromatic heterocycles. The summed E-state index contributed by atoms with van der Waals surface area (Å²) in [6, 6.07) is 0. The number of nitrogens with two attached hydrogens (primary N) is 1. The van der Waals surface area contributed by atoms with Crippen LogP contribution in [0.5, 0.6) is 0 Å². The maximum atomic E-state index is 13.6. The molecule has 4 aromatic rings. The SMILES string of the molecule is [2H]C([2H])([2H])n1ncc2c(-c3nc(N)c4c(n3)NC(=O)C4(C)c3coc(C)n3)nc(CCC(F)(F)C(F)(F)F)nc21. The molecular formula is C21H18F5N9O2. The minimum atomic E-state index is -5.81. The molecule has 16 heteroatoms. The number of anilines is 2. The molecule has 5 heterocycles. The summed E-state index contributed by atoms with van der Waals surface area (Å²) in [5.74, 6) is -6.43. The van der Waals surface area contributed by atoms with E-state index < -0.39 is 49.1 Å². The van der Waals surface area contributed by atoms with Gasteiger partial charge in [0.15, 0.2) is 17.4 Å². The zero-order valence-corrected chi connectivity index (χ0v) is 19.0. The highest BCUT2D eigenvalue weighted by Gasteiger charge is 2.56. The van der Waals surface area contributed by atoms with E-state index in [4.69, 9.17) is 14.3 Å². The molecule has 0 bridgehead atoms. The molecule has 1 aliphatic heterocycles. The van der Waals surface area contributed by atoms with Gasteiger partial charge in [-0.2, -0.15) is 27.1 Å². The smallest absolute Gasteiger partial charge is 0.449 e. The minimum Gasteiger partial charge on any atom is -0.449 e. The van der Waals surface area contributed by atoms with E-state index in [9.17, 15) is 26.7 Å². The lowest BCUT2D eigenvalue weighted by molar-refractivity contribution is -0.284. The number of nitrogens with one attached hydrogen (secondary N) is 1. The van der Waals surface area contributed by atoms with Gasteiger partial charge >= 0.3 is 12.1 Å². The van der Waals surface area contributed by atoms with Crippen LogP contribution in [0.3, 0.4) is 0 Å². The number of aromatic nitrogens is 7. The van der Waals surface area contributed by atoms with Crippen molar-refractivity contribution in [3.05, 3.63) is 35.4 Å². The Morgan fingerprint density at radius 1 is 1.19 bits per heavy atom. The molecule has 0 saturated carbocycles. The number of amides is 1. The summed E-state index contributed by atoms with van der Waals surface area (Å²) in [5, 5.41) is 6.28. The molecule has 37 heavy (non-hydrogen) atoms. The van der Waals surface area contributed by atoms with Gasteiger partial charge in [-0.15, -0.1) is 0 Å². The normalized spacial score (nSPS) is 19.4. The zero-order chi connectivity index (χ0) is 29.4. The van der Waals surface area contributed by atoms with Crippen LogP contribution in [0.15, 0.2) is 16.9 Å². The summed E-state index contributed by atoms with van der Waals surface area (Å²) in [7, 11) is 0. The number of halogens is 5. The Hall–Kier alpha value is -4.24. The van der Waals surface area contributed by atoms with E-state index in [-0.39, 0.29) is 51.3 Å². The monoisotopic (exact) mass is 526 g/mol. The zero-order valence-electron chi connectivity index (χ0n) is 22.0. The Balaban J connectivity index is 1.66. The number of rotatable bonds is 5. The number of nitrogens with zero attached hydrogens (tertiary/aromatic N) is 7. The Morgan fingerprint density at radius 3 is 2.59 bits per heavy atom. The highest BCUT2D eigenvalue weighted by atomic mass is 19.4. The number of nitrogen functional groups attached to an aromatic ring is 1. The van der Waals surface area contributed by atoms with Gasteiger partial charge in [-0.1, -0.05) is 0 Å². The second-order valence-electron chi connectivity index (χ2n) is 8.47. The van der Waals surface area contributed by atoms with Gasteiger partial charge in [0.25, 0.3) is 0 Å². The van der Waals surface area contributed by atoms with Crippen molar-refractivity contribution in [2.24, 2.45) is 6.98 Å². The average Bonchev–Trinajstić information content (AvgIpc) is 3.53. The first-order valence-corrected chi connectivity index (χ1v) is 10.6. The summed E-state index contributed by atoms with van der Waals surface area (Å²) in [4.78, 5) is 33.7. The van der Waals surface area contributed by atoms with Crippen molar-refractivity contribution >= 4 is 28.6 Å². The lowest BCUT2D eigenvalue weighted by atomic mass is 9.81. The van der Waals surface area contributed by atoms with E-state index in [1.54, 1.807) is 6.92 Å². The third kappa shape index (κ3) is 3.74. The molecule has 5 rings (SSSR count). The number of alkyl halides is 5. The molecule has 1 amide bonds. The summed E-state index contributed by atoms with van der Waals surface area (Å²) in [5.41, 5.74) is 4.53. The van der Waals surface area contributed by atoms with Crippen LogP contribution in [0.4, 0.5) is 33.6 Å². The van der Waals surface area contributed by atoms with Crippen LogP contribution < -0.4 is 11.1 Å². The molecule has 0 radical (unpaired) electrons. The molecular weight excluding hydrogens is 505 g/mol. The number of oxazole rings is 1. The fraction of sp³-hybridized carbons (Fsp3) is 0.381. The fourth-order valence-electron chi connectivity index (χ4n) is 4.00. The van der Waals surface area contributed by atoms with E-state index >= 15 is 0 Å². The van der Waals surface area contributed by atoms with Gasteiger partial charge in [-0.25, -0.2) is 24.9 Å². The standard InChI is InChI=1S/C21H18F5N9O2/c1-8-29-10(7-37-8)19(2)12-14(27)32-16(33-15(12)34-18(19)36)13-9-6-28-35(3)17(9)31-11(30-13)4-5-20(22,23)21(24,25)26/h6-7H,4-5H2,1-3H3,(H3,27,32,33,34,36)/i3D3. The lowest BCUT2D eigenvalue weighted by Crippen LogP contribution is -2.36. The molecule has 1 unspecified atom stereocenters. The van der Waals surface area contributed by atoms with Crippen LogP contribution in [0, 0.1) is 6.92 Å². The summed E-state index contributed by atoms with van der Waals surface area (Å²) < 4.78 is 94.2. The average molecular weight is 526 g/mol. The van der Waals surface area contributed by atoms with Crippen molar-refractivity contribution in [1.29, 1.82) is 0 Å². The van der Waals surface area contributed by atoms with Crippen LogP contribution in [0.1, 0.15) is 40.4 Å². The van der Waals surface area contributed by atoms with Crippen LogP contribution in [-0.4, -0.2) is 52.7 Å². The molecule has 0 aliphatic carbocycles. The first-order valence-electron chi connectivity index (χ1n) is 12.1. The van der Waals surface area contributed by atoms with Crippen molar-refractivity contribution < 1.29 is 35.3 Å². The van der Waals surface area contributed by atoms with Crippen molar-refractivity contribution in [2.75, 3.05) is 11.1 Å². The first kappa shape index (κ1) is 20.9. The molecule has 1 atom stereocenters. The largest absolute Gasteiger partial charge is 0.453 e. The predicted octanol–water partition coefficient (Wildman–Crippen LogP) is 3.09. The number of fused-ring (bicyclic) bond motifs is 2. The van der Waals surface area contributed by atoms with Crippen LogP contribution >= 0.6 is 0 Å². The Labute approximate surface area is 208 Å². The van der Waals surface area contributed by atoms with E-state index in [0.29, 0.717) is 4.68 Å². The third-order valence-corrected chi connectivity index (χ3v) is 6.02. The maximum Gasteiger partial charge on any atom is 0.453 e. The molecule has 0 aromatic carbocycles. The summed E-state index contributed by atoms with van der Waals surface area (Å²) in [6.07, 6.45) is -6.17. The number of aryl methyl sites for hydroxylation is 3. The Morgan fingerprint density at radius 2 is 1.95 bits per heavy atom. The van der Waals surface area contributed by atoms with E-state index in [1.807, 2.05) is 0 Å². The molecule has 11 nitrogen and oxygen atoms in total. The summed E-state index contributed by atoms with van der Waals surface area (Å²) >= 11 is 0. The fourth-order valence-corrected chi connectivity index (χ4v) is 4.00. The van der Waals surface area contributed by atoms with Gasteiger partial charge < -0.3 is 15.5 Å². The maximum absolute atomic E-state index is 13.6. The minimum absolute atomic E-state index is 0.0456.